The summed E-state index contributed by atoms with van der Waals surface area (Å²) < 4.78 is 0. The van der Waals surface area contributed by atoms with Crippen LogP contribution in [0.4, 0.5) is 0 Å². The number of aliphatic hydroxyl groups excluding tert-OH is 1. The molecule has 0 aliphatic heterocycles. The van der Waals surface area contributed by atoms with Gasteiger partial charge in [-0.1, -0.05) is 27.7 Å². The lowest BCUT2D eigenvalue weighted by molar-refractivity contribution is -0.116. The molecule has 0 saturated heterocycles. The van der Waals surface area contributed by atoms with Gasteiger partial charge in [-0.15, -0.1) is 0 Å². The first-order chi connectivity index (χ1) is 7.28. The van der Waals surface area contributed by atoms with Crippen LogP contribution in [-0.2, 0) is 4.79 Å². The number of hydrogen-bond donors (Lipinski definition) is 1. The first-order valence-corrected chi connectivity index (χ1v) is 6.34. The van der Waals surface area contributed by atoms with Crippen LogP contribution in [0.5, 0.6) is 0 Å². The monoisotopic (exact) mass is 226 g/mol. The Balaban J connectivity index is 0.000000160. The molecule has 0 radical (unpaired) electrons. The molecule has 0 aromatic carbocycles. The normalized spacial score (nSPS) is 27.1. The molecule has 0 aromatic heterocycles. The second kappa shape index (κ2) is 4.87. The third-order valence-electron chi connectivity index (χ3n) is 3.76. The summed E-state index contributed by atoms with van der Waals surface area (Å²) >= 11 is 0. The molecule has 2 fully saturated rings. The minimum Gasteiger partial charge on any atom is -0.396 e. The highest BCUT2D eigenvalue weighted by Crippen LogP contribution is 2.44. The highest BCUT2D eigenvalue weighted by molar-refractivity contribution is 5.55. The van der Waals surface area contributed by atoms with Gasteiger partial charge in [0.05, 0.1) is 0 Å². The second-order valence-corrected chi connectivity index (χ2v) is 7.09. The molecule has 0 aromatic rings. The van der Waals surface area contributed by atoms with Gasteiger partial charge < -0.3 is 9.90 Å². The average molecular weight is 226 g/mol. The lowest BCUT2D eigenvalue weighted by atomic mass is 9.65. The van der Waals surface area contributed by atoms with Gasteiger partial charge in [-0.05, 0) is 42.4 Å². The Morgan fingerprint density at radius 2 is 1.50 bits per heavy atom. The molecule has 0 spiro atoms. The fourth-order valence-electron chi connectivity index (χ4n) is 3.09. The highest BCUT2D eigenvalue weighted by Gasteiger charge is 2.35. The number of carbonyl (C=O) groups excluding carboxylic acids is 1. The van der Waals surface area contributed by atoms with E-state index in [4.69, 9.17) is 5.11 Å². The van der Waals surface area contributed by atoms with E-state index < -0.39 is 0 Å². The number of rotatable bonds is 2. The van der Waals surface area contributed by atoms with E-state index >= 15 is 0 Å². The van der Waals surface area contributed by atoms with E-state index in [2.05, 4.69) is 27.7 Å². The van der Waals surface area contributed by atoms with Crippen molar-refractivity contribution >= 4 is 6.29 Å². The molecule has 2 rings (SSSR count). The zero-order valence-electron chi connectivity index (χ0n) is 11.1. The van der Waals surface area contributed by atoms with Gasteiger partial charge in [-0.3, -0.25) is 0 Å². The minimum absolute atomic E-state index is 0.380. The SMILES string of the molecule is CC1(C)CC(C=O)C1.CC1(C)CC(CO)C1. The van der Waals surface area contributed by atoms with E-state index in [1.807, 2.05) is 0 Å². The Morgan fingerprint density at radius 3 is 1.62 bits per heavy atom. The Labute approximate surface area is 99.4 Å². The lowest BCUT2D eigenvalue weighted by Crippen LogP contribution is -2.33. The van der Waals surface area contributed by atoms with Gasteiger partial charge in [0.15, 0.2) is 0 Å². The van der Waals surface area contributed by atoms with Crippen molar-refractivity contribution in [3.63, 3.8) is 0 Å². The Kier molecular flexibility index (Phi) is 4.17. The number of aliphatic hydroxyl groups is 1. The summed E-state index contributed by atoms with van der Waals surface area (Å²) in [6.07, 6.45) is 5.69. The van der Waals surface area contributed by atoms with E-state index in [0.717, 1.165) is 19.1 Å². The highest BCUT2D eigenvalue weighted by atomic mass is 16.3. The Morgan fingerprint density at radius 1 is 1.06 bits per heavy atom. The first-order valence-electron chi connectivity index (χ1n) is 6.34. The van der Waals surface area contributed by atoms with Gasteiger partial charge in [-0.25, -0.2) is 0 Å². The smallest absolute Gasteiger partial charge is 0.123 e. The molecule has 0 atom stereocenters. The molecular formula is C14H26O2. The summed E-state index contributed by atoms with van der Waals surface area (Å²) in [7, 11) is 0. The van der Waals surface area contributed by atoms with Crippen molar-refractivity contribution in [3.05, 3.63) is 0 Å². The number of carbonyl (C=O) groups is 1. The van der Waals surface area contributed by atoms with E-state index in [0.29, 0.717) is 29.3 Å². The topological polar surface area (TPSA) is 37.3 Å². The molecule has 16 heavy (non-hydrogen) atoms. The molecule has 0 unspecified atom stereocenters. The van der Waals surface area contributed by atoms with Crippen LogP contribution in [0.25, 0.3) is 0 Å². The predicted molar refractivity (Wildman–Crippen MR) is 66.2 cm³/mol. The maximum absolute atomic E-state index is 10.1. The van der Waals surface area contributed by atoms with Crippen LogP contribution in [0.3, 0.4) is 0 Å². The van der Waals surface area contributed by atoms with Crippen LogP contribution in [-0.4, -0.2) is 18.0 Å². The Bertz CT molecular complexity index is 227. The van der Waals surface area contributed by atoms with Crippen LogP contribution in [0.15, 0.2) is 0 Å². The quantitative estimate of drug-likeness (QED) is 0.735. The zero-order valence-corrected chi connectivity index (χ0v) is 11.1. The van der Waals surface area contributed by atoms with Crippen molar-refractivity contribution < 1.29 is 9.90 Å². The standard InChI is InChI=1S/C7H14O.C7H12O/c2*1-7(2)3-6(4-7)5-8/h6,8H,3-5H2,1-2H3;5-6H,3-4H2,1-2H3. The predicted octanol–water partition coefficient (Wildman–Crippen LogP) is 3.04. The third-order valence-corrected chi connectivity index (χ3v) is 3.76. The molecule has 0 heterocycles. The van der Waals surface area contributed by atoms with Crippen molar-refractivity contribution in [2.24, 2.45) is 22.7 Å². The van der Waals surface area contributed by atoms with Gasteiger partial charge in [0.1, 0.15) is 6.29 Å². The molecule has 2 aliphatic carbocycles. The fraction of sp³-hybridized carbons (Fsp3) is 0.929. The van der Waals surface area contributed by atoms with E-state index in [-0.39, 0.29) is 0 Å². The van der Waals surface area contributed by atoms with Crippen molar-refractivity contribution in [1.82, 2.24) is 0 Å². The summed E-state index contributed by atoms with van der Waals surface area (Å²) in [5.41, 5.74) is 0.999. The Hall–Kier alpha value is -0.370. The molecular weight excluding hydrogens is 200 g/mol. The lowest BCUT2D eigenvalue weighted by Gasteiger charge is -2.41. The van der Waals surface area contributed by atoms with E-state index in [1.165, 1.54) is 12.8 Å². The van der Waals surface area contributed by atoms with E-state index in [9.17, 15) is 4.79 Å². The van der Waals surface area contributed by atoms with Crippen molar-refractivity contribution in [1.29, 1.82) is 0 Å². The third kappa shape index (κ3) is 3.89. The second-order valence-electron chi connectivity index (χ2n) is 7.09. The first kappa shape index (κ1) is 13.7. The van der Waals surface area contributed by atoms with Crippen molar-refractivity contribution in [2.75, 3.05) is 6.61 Å². The summed E-state index contributed by atoms with van der Waals surface area (Å²) in [6, 6.07) is 0. The van der Waals surface area contributed by atoms with E-state index in [1.54, 1.807) is 0 Å². The molecule has 94 valence electrons. The van der Waals surface area contributed by atoms with Gasteiger partial charge in [-0.2, -0.15) is 0 Å². The molecule has 2 saturated carbocycles. The van der Waals surface area contributed by atoms with Crippen LogP contribution < -0.4 is 0 Å². The van der Waals surface area contributed by atoms with Gasteiger partial charge in [0.2, 0.25) is 0 Å². The molecule has 0 amide bonds. The zero-order chi connectivity index (χ0) is 12.4. The maximum atomic E-state index is 10.1. The van der Waals surface area contributed by atoms with Crippen LogP contribution in [0.1, 0.15) is 53.4 Å². The largest absolute Gasteiger partial charge is 0.396 e. The van der Waals surface area contributed by atoms with Gasteiger partial charge in [0, 0.05) is 12.5 Å². The number of hydrogen-bond acceptors (Lipinski definition) is 2. The number of aldehydes is 1. The summed E-state index contributed by atoms with van der Waals surface area (Å²) in [4.78, 5) is 10.1. The molecule has 2 aliphatic rings. The van der Waals surface area contributed by atoms with Crippen LogP contribution in [0, 0.1) is 22.7 Å². The molecule has 0 bridgehead atoms. The summed E-state index contributed by atoms with van der Waals surface area (Å²) in [6.45, 7) is 9.29. The molecule has 1 N–H and O–H groups in total. The fourth-order valence-corrected chi connectivity index (χ4v) is 3.09. The maximum Gasteiger partial charge on any atom is 0.123 e. The van der Waals surface area contributed by atoms with Crippen LogP contribution in [0.2, 0.25) is 0 Å². The van der Waals surface area contributed by atoms with Gasteiger partial charge >= 0.3 is 0 Å². The minimum atomic E-state index is 0.380. The van der Waals surface area contributed by atoms with Crippen molar-refractivity contribution in [2.45, 2.75) is 53.4 Å². The van der Waals surface area contributed by atoms with Crippen LogP contribution >= 0.6 is 0 Å². The average Bonchev–Trinajstić information content (AvgIpc) is 2.10. The van der Waals surface area contributed by atoms with Gasteiger partial charge in [0.25, 0.3) is 0 Å². The van der Waals surface area contributed by atoms with Crippen molar-refractivity contribution in [3.8, 4) is 0 Å². The summed E-state index contributed by atoms with van der Waals surface area (Å²) in [5.74, 6) is 0.995. The molecule has 2 nitrogen and oxygen atoms in total. The molecule has 2 heteroatoms. The summed E-state index contributed by atoms with van der Waals surface area (Å²) in [5, 5.41) is 8.62.